The van der Waals surface area contributed by atoms with Gasteiger partial charge in [-0.25, -0.2) is 0 Å². The second-order valence-electron chi connectivity index (χ2n) is 8.25. The van der Waals surface area contributed by atoms with Crippen molar-refractivity contribution in [2.24, 2.45) is 20.7 Å². The number of para-hydroxylation sites is 1. The molecule has 9 nitrogen and oxygen atoms in total. The van der Waals surface area contributed by atoms with E-state index in [0.29, 0.717) is 29.0 Å². The molecule has 0 aliphatic carbocycles. The van der Waals surface area contributed by atoms with E-state index in [4.69, 9.17) is 9.15 Å². The fourth-order valence-corrected chi connectivity index (χ4v) is 3.86. The molecular weight excluding hydrogens is 458 g/mol. The predicted octanol–water partition coefficient (Wildman–Crippen LogP) is 6.28. The van der Waals surface area contributed by atoms with Crippen LogP contribution in [0.5, 0.6) is 5.75 Å². The first-order chi connectivity index (χ1) is 17.7. The zero-order chi connectivity index (χ0) is 24.7. The van der Waals surface area contributed by atoms with Gasteiger partial charge in [0.25, 0.3) is 5.91 Å². The van der Waals surface area contributed by atoms with Gasteiger partial charge in [-0.1, -0.05) is 36.4 Å². The number of ether oxygens (including phenoxy) is 1. The standard InChI is InChI=1S/C27H23N5O4/c33-23-17-24(26-29-31-32-30-26)36-25-21(23)10-6-11-22(25)28-27(34)19-12-14-20(15-13-19)35-16-5-4-9-18-7-2-1-3-8-18/h1-3,6-8,10-15,17,26H,4-5,9,16H2,(H,28,34). The van der Waals surface area contributed by atoms with Crippen LogP contribution in [0.15, 0.2) is 109 Å². The molecule has 0 bridgehead atoms. The minimum Gasteiger partial charge on any atom is -0.494 e. The summed E-state index contributed by atoms with van der Waals surface area (Å²) in [4.78, 5) is 25.5. The van der Waals surface area contributed by atoms with E-state index < -0.39 is 6.17 Å². The summed E-state index contributed by atoms with van der Waals surface area (Å²) in [6, 6.07) is 23.6. The Bertz CT molecular complexity index is 1470. The Morgan fingerprint density at radius 3 is 2.47 bits per heavy atom. The number of hydrogen-bond acceptors (Lipinski definition) is 8. The molecule has 0 saturated carbocycles. The van der Waals surface area contributed by atoms with Gasteiger partial charge in [-0.15, -0.1) is 10.2 Å². The van der Waals surface area contributed by atoms with Crippen LogP contribution in [-0.2, 0) is 6.42 Å². The summed E-state index contributed by atoms with van der Waals surface area (Å²) >= 11 is 0. The molecule has 1 aliphatic heterocycles. The number of anilines is 1. The van der Waals surface area contributed by atoms with Crippen molar-refractivity contribution in [3.8, 4) is 5.75 Å². The first-order valence-electron chi connectivity index (χ1n) is 11.6. The molecule has 1 aromatic heterocycles. The molecule has 0 radical (unpaired) electrons. The molecule has 9 heteroatoms. The highest BCUT2D eigenvalue weighted by Gasteiger charge is 2.19. The smallest absolute Gasteiger partial charge is 0.255 e. The zero-order valence-electron chi connectivity index (χ0n) is 19.3. The van der Waals surface area contributed by atoms with Gasteiger partial charge in [0.2, 0.25) is 6.17 Å². The molecule has 0 unspecified atom stereocenters. The van der Waals surface area contributed by atoms with E-state index in [0.717, 1.165) is 19.3 Å². The predicted molar refractivity (Wildman–Crippen MR) is 134 cm³/mol. The Kier molecular flexibility index (Phi) is 6.88. The lowest BCUT2D eigenvalue weighted by molar-refractivity contribution is 0.102. The van der Waals surface area contributed by atoms with E-state index in [1.807, 2.05) is 18.2 Å². The number of amides is 1. The Morgan fingerprint density at radius 1 is 0.917 bits per heavy atom. The Hall–Kier alpha value is -4.66. The lowest BCUT2D eigenvalue weighted by Gasteiger charge is -2.10. The van der Waals surface area contributed by atoms with Crippen LogP contribution < -0.4 is 15.5 Å². The van der Waals surface area contributed by atoms with Crippen molar-refractivity contribution < 1.29 is 13.9 Å². The van der Waals surface area contributed by atoms with Crippen LogP contribution in [0.25, 0.3) is 11.0 Å². The summed E-state index contributed by atoms with van der Waals surface area (Å²) in [5.41, 5.74) is 2.09. The topological polar surface area (TPSA) is 118 Å². The van der Waals surface area contributed by atoms with E-state index in [1.54, 1.807) is 42.5 Å². The summed E-state index contributed by atoms with van der Waals surface area (Å²) in [6.45, 7) is 0.607. The molecule has 36 heavy (non-hydrogen) atoms. The molecule has 5 rings (SSSR count). The van der Waals surface area contributed by atoms with Crippen LogP contribution in [0.4, 0.5) is 5.69 Å². The molecule has 0 atom stereocenters. The van der Waals surface area contributed by atoms with Crippen molar-refractivity contribution in [1.29, 1.82) is 0 Å². The van der Waals surface area contributed by atoms with Gasteiger partial charge >= 0.3 is 0 Å². The third-order valence-electron chi connectivity index (χ3n) is 5.73. The summed E-state index contributed by atoms with van der Waals surface area (Å²) in [7, 11) is 0. The van der Waals surface area contributed by atoms with Crippen LogP contribution in [0.1, 0.15) is 40.7 Å². The van der Waals surface area contributed by atoms with Gasteiger partial charge < -0.3 is 14.5 Å². The van der Waals surface area contributed by atoms with Gasteiger partial charge in [0.15, 0.2) is 16.8 Å². The number of rotatable bonds is 9. The number of fused-ring (bicyclic) bond motifs is 1. The molecule has 180 valence electrons. The van der Waals surface area contributed by atoms with Crippen LogP contribution in [-0.4, -0.2) is 12.5 Å². The Balaban J connectivity index is 1.21. The highest BCUT2D eigenvalue weighted by atomic mass is 16.5. The zero-order valence-corrected chi connectivity index (χ0v) is 19.3. The average Bonchev–Trinajstić information content (AvgIpc) is 3.45. The molecule has 0 spiro atoms. The van der Waals surface area contributed by atoms with E-state index >= 15 is 0 Å². The molecule has 4 aromatic rings. The second-order valence-corrected chi connectivity index (χ2v) is 8.25. The van der Waals surface area contributed by atoms with Crippen molar-refractivity contribution in [2.75, 3.05) is 11.9 Å². The van der Waals surface area contributed by atoms with Crippen molar-refractivity contribution in [3.63, 3.8) is 0 Å². The lowest BCUT2D eigenvalue weighted by Crippen LogP contribution is -2.13. The summed E-state index contributed by atoms with van der Waals surface area (Å²) in [5, 5.41) is 17.7. The highest BCUT2D eigenvalue weighted by Crippen LogP contribution is 2.29. The summed E-state index contributed by atoms with van der Waals surface area (Å²) < 4.78 is 11.7. The van der Waals surface area contributed by atoms with Gasteiger partial charge in [0, 0.05) is 11.6 Å². The summed E-state index contributed by atoms with van der Waals surface area (Å²) in [5.74, 6) is 0.557. The van der Waals surface area contributed by atoms with E-state index in [1.165, 1.54) is 11.6 Å². The first-order valence-corrected chi connectivity index (χ1v) is 11.6. The molecule has 3 aromatic carbocycles. The molecule has 2 heterocycles. The van der Waals surface area contributed by atoms with Crippen molar-refractivity contribution in [2.45, 2.75) is 25.4 Å². The maximum absolute atomic E-state index is 12.9. The third-order valence-corrected chi connectivity index (χ3v) is 5.73. The monoisotopic (exact) mass is 481 g/mol. The lowest BCUT2D eigenvalue weighted by atomic mass is 10.1. The quantitative estimate of drug-likeness (QED) is 0.283. The number of nitrogens with one attached hydrogen (secondary N) is 1. The number of benzene rings is 3. The normalized spacial score (nSPS) is 12.8. The second kappa shape index (κ2) is 10.7. The minimum atomic E-state index is -0.809. The first kappa shape index (κ1) is 23.1. The number of aryl methyl sites for hydroxylation is 1. The van der Waals surface area contributed by atoms with Crippen molar-refractivity contribution in [1.82, 2.24) is 0 Å². The molecular formula is C27H23N5O4. The molecule has 0 saturated heterocycles. The van der Waals surface area contributed by atoms with Gasteiger partial charge in [-0.2, -0.15) is 0 Å². The van der Waals surface area contributed by atoms with Crippen LogP contribution in [0.2, 0.25) is 0 Å². The number of unbranched alkanes of at least 4 members (excludes halogenated alkanes) is 1. The van der Waals surface area contributed by atoms with Gasteiger partial charge in [-0.3, -0.25) is 9.59 Å². The van der Waals surface area contributed by atoms with E-state index in [2.05, 4.69) is 38.1 Å². The number of hydrogen-bond donors (Lipinski definition) is 1. The van der Waals surface area contributed by atoms with Crippen LogP contribution in [0, 0.1) is 0 Å². The van der Waals surface area contributed by atoms with Crippen LogP contribution >= 0.6 is 0 Å². The van der Waals surface area contributed by atoms with Gasteiger partial charge in [0.1, 0.15) is 5.75 Å². The van der Waals surface area contributed by atoms with Crippen molar-refractivity contribution in [3.05, 3.63) is 106 Å². The molecule has 0 fully saturated rings. The molecule has 1 aliphatic rings. The van der Waals surface area contributed by atoms with Gasteiger partial charge in [0.05, 0.1) is 17.7 Å². The van der Waals surface area contributed by atoms with Gasteiger partial charge in [-0.05, 0) is 71.7 Å². The maximum atomic E-state index is 12.9. The Labute approximate surface area is 206 Å². The number of carbonyl (C=O) groups excluding carboxylic acids is 1. The van der Waals surface area contributed by atoms with Crippen molar-refractivity contribution >= 4 is 22.6 Å². The maximum Gasteiger partial charge on any atom is 0.255 e. The fraction of sp³-hybridized carbons (Fsp3) is 0.185. The third kappa shape index (κ3) is 5.35. The van der Waals surface area contributed by atoms with E-state index in [9.17, 15) is 9.59 Å². The van der Waals surface area contributed by atoms with Crippen LogP contribution in [0.3, 0.4) is 0 Å². The SMILES string of the molecule is O=C(Nc1cccc2c(=O)cc(C3N=NN=N3)oc12)c1ccc(OCCCCc2ccccc2)cc1. The highest BCUT2D eigenvalue weighted by molar-refractivity contribution is 6.07. The molecule has 1 N–H and O–H groups in total. The Morgan fingerprint density at radius 2 is 1.69 bits per heavy atom. The fourth-order valence-electron chi connectivity index (χ4n) is 3.86. The number of carbonyl (C=O) groups is 1. The summed E-state index contributed by atoms with van der Waals surface area (Å²) in [6.07, 6.45) is 2.19. The van der Waals surface area contributed by atoms with E-state index in [-0.39, 0.29) is 22.7 Å². The largest absolute Gasteiger partial charge is 0.494 e. The molecule has 1 amide bonds. The minimum absolute atomic E-state index is 0.199. The number of nitrogens with zero attached hydrogens (tertiary/aromatic N) is 4. The average molecular weight is 482 g/mol.